The average molecular weight is 294 g/mol. The maximum Gasteiger partial charge on any atom is 0.244 e. The summed E-state index contributed by atoms with van der Waals surface area (Å²) in [6.45, 7) is 2.92. The van der Waals surface area contributed by atoms with Crippen LogP contribution in [0.2, 0.25) is 0 Å². The molecule has 1 amide bonds. The van der Waals surface area contributed by atoms with E-state index in [9.17, 15) is 4.79 Å². The molecule has 3 heteroatoms. The standard InChI is InChI=1S/C19H22N2O/c1-15-13-18(20(2)14-16-9-5-3-6-10-16)19(22)21(15)17-11-7-4-8-12-17/h3-12,15,18H,13-14H2,1-2H3/t15-,18-/m1/s1. The van der Waals surface area contributed by atoms with Gasteiger partial charge < -0.3 is 4.90 Å². The zero-order valence-electron chi connectivity index (χ0n) is 13.1. The van der Waals surface area contributed by atoms with Gasteiger partial charge in [-0.05, 0) is 38.1 Å². The van der Waals surface area contributed by atoms with Crippen LogP contribution < -0.4 is 4.90 Å². The molecule has 0 unspecified atom stereocenters. The van der Waals surface area contributed by atoms with E-state index in [1.54, 1.807) is 0 Å². The number of benzene rings is 2. The molecule has 0 radical (unpaired) electrons. The molecule has 0 N–H and O–H groups in total. The van der Waals surface area contributed by atoms with Crippen molar-refractivity contribution in [1.82, 2.24) is 4.90 Å². The summed E-state index contributed by atoms with van der Waals surface area (Å²) in [5, 5.41) is 0. The summed E-state index contributed by atoms with van der Waals surface area (Å²) in [4.78, 5) is 16.9. The fourth-order valence-electron chi connectivity index (χ4n) is 3.23. The number of hydrogen-bond acceptors (Lipinski definition) is 2. The fourth-order valence-corrected chi connectivity index (χ4v) is 3.23. The van der Waals surface area contributed by atoms with Crippen molar-refractivity contribution in [2.75, 3.05) is 11.9 Å². The van der Waals surface area contributed by atoms with Gasteiger partial charge in [-0.15, -0.1) is 0 Å². The molecule has 1 fully saturated rings. The number of hydrogen-bond donors (Lipinski definition) is 0. The number of amides is 1. The van der Waals surface area contributed by atoms with Gasteiger partial charge in [-0.2, -0.15) is 0 Å². The Bertz CT molecular complexity index is 626. The van der Waals surface area contributed by atoms with Crippen LogP contribution in [0.4, 0.5) is 5.69 Å². The molecule has 114 valence electrons. The third-order valence-electron chi connectivity index (χ3n) is 4.37. The van der Waals surface area contributed by atoms with E-state index >= 15 is 0 Å². The lowest BCUT2D eigenvalue weighted by molar-refractivity contribution is -0.121. The van der Waals surface area contributed by atoms with Crippen LogP contribution in [0.15, 0.2) is 60.7 Å². The number of anilines is 1. The number of likely N-dealkylation sites (N-methyl/N-ethyl adjacent to an activating group) is 1. The lowest BCUT2D eigenvalue weighted by Gasteiger charge is -2.24. The third kappa shape index (κ3) is 2.90. The Morgan fingerprint density at radius 2 is 1.64 bits per heavy atom. The molecule has 3 rings (SSSR count). The lowest BCUT2D eigenvalue weighted by Crippen LogP contribution is -2.39. The Morgan fingerprint density at radius 3 is 2.27 bits per heavy atom. The second-order valence-electron chi connectivity index (χ2n) is 6.05. The van der Waals surface area contributed by atoms with Gasteiger partial charge in [0.05, 0.1) is 6.04 Å². The zero-order chi connectivity index (χ0) is 15.5. The second kappa shape index (κ2) is 6.32. The topological polar surface area (TPSA) is 23.6 Å². The van der Waals surface area contributed by atoms with Crippen molar-refractivity contribution in [2.45, 2.75) is 32.0 Å². The first-order valence-electron chi connectivity index (χ1n) is 7.79. The maximum atomic E-state index is 12.8. The summed E-state index contributed by atoms with van der Waals surface area (Å²) >= 11 is 0. The number of para-hydroxylation sites is 1. The summed E-state index contributed by atoms with van der Waals surface area (Å²) < 4.78 is 0. The second-order valence-corrected chi connectivity index (χ2v) is 6.05. The molecule has 0 spiro atoms. The van der Waals surface area contributed by atoms with E-state index in [0.717, 1.165) is 18.7 Å². The van der Waals surface area contributed by atoms with E-state index in [1.165, 1.54) is 5.56 Å². The molecule has 0 aliphatic carbocycles. The van der Waals surface area contributed by atoms with Crippen LogP contribution in [-0.2, 0) is 11.3 Å². The predicted octanol–water partition coefficient (Wildman–Crippen LogP) is 3.31. The van der Waals surface area contributed by atoms with Crippen LogP contribution in [0.3, 0.4) is 0 Å². The normalized spacial score (nSPS) is 21.6. The van der Waals surface area contributed by atoms with Crippen LogP contribution >= 0.6 is 0 Å². The largest absolute Gasteiger partial charge is 0.308 e. The molecule has 1 aliphatic heterocycles. The Morgan fingerprint density at radius 1 is 1.05 bits per heavy atom. The summed E-state index contributed by atoms with van der Waals surface area (Å²) in [5.74, 6) is 0.206. The SMILES string of the molecule is C[C@@H]1C[C@@H](N(C)Cc2ccccc2)C(=O)N1c1ccccc1. The molecular formula is C19H22N2O. The highest BCUT2D eigenvalue weighted by Gasteiger charge is 2.39. The Balaban J connectivity index is 1.75. The van der Waals surface area contributed by atoms with Crippen LogP contribution in [0.5, 0.6) is 0 Å². The molecule has 22 heavy (non-hydrogen) atoms. The number of rotatable bonds is 4. The van der Waals surface area contributed by atoms with Crippen molar-refractivity contribution in [1.29, 1.82) is 0 Å². The molecule has 1 heterocycles. The molecule has 2 atom stereocenters. The van der Waals surface area contributed by atoms with E-state index in [1.807, 2.05) is 60.5 Å². The van der Waals surface area contributed by atoms with Crippen molar-refractivity contribution < 1.29 is 4.79 Å². The van der Waals surface area contributed by atoms with Gasteiger partial charge in [0.25, 0.3) is 0 Å². The Labute approximate surface area is 132 Å². The molecule has 2 aromatic rings. The highest BCUT2D eigenvalue weighted by Crippen LogP contribution is 2.29. The quantitative estimate of drug-likeness (QED) is 0.863. The first-order chi connectivity index (χ1) is 10.7. The highest BCUT2D eigenvalue weighted by molar-refractivity contribution is 6.00. The molecule has 1 aliphatic rings. The third-order valence-corrected chi connectivity index (χ3v) is 4.37. The van der Waals surface area contributed by atoms with Gasteiger partial charge in [-0.3, -0.25) is 9.69 Å². The molecular weight excluding hydrogens is 272 g/mol. The van der Waals surface area contributed by atoms with Gasteiger partial charge in [0.2, 0.25) is 5.91 Å². The smallest absolute Gasteiger partial charge is 0.244 e. The molecule has 1 saturated heterocycles. The first-order valence-corrected chi connectivity index (χ1v) is 7.79. The lowest BCUT2D eigenvalue weighted by atomic mass is 10.1. The number of nitrogens with zero attached hydrogens (tertiary/aromatic N) is 2. The molecule has 0 saturated carbocycles. The molecule has 0 aromatic heterocycles. The fraction of sp³-hybridized carbons (Fsp3) is 0.316. The van der Waals surface area contributed by atoms with Gasteiger partial charge in [0, 0.05) is 18.3 Å². The van der Waals surface area contributed by atoms with E-state index in [4.69, 9.17) is 0 Å². The molecule has 3 nitrogen and oxygen atoms in total. The van der Waals surface area contributed by atoms with Crippen LogP contribution in [0, 0.1) is 0 Å². The minimum absolute atomic E-state index is 0.0459. The van der Waals surface area contributed by atoms with Crippen molar-refractivity contribution in [2.24, 2.45) is 0 Å². The summed E-state index contributed by atoms with van der Waals surface area (Å²) in [5.41, 5.74) is 2.24. The molecule has 0 bridgehead atoms. The van der Waals surface area contributed by atoms with Gasteiger partial charge in [0.1, 0.15) is 0 Å². The average Bonchev–Trinajstić information content (AvgIpc) is 2.84. The van der Waals surface area contributed by atoms with Gasteiger partial charge >= 0.3 is 0 Å². The Hall–Kier alpha value is -2.13. The van der Waals surface area contributed by atoms with Crippen molar-refractivity contribution in [3.63, 3.8) is 0 Å². The minimum Gasteiger partial charge on any atom is -0.308 e. The Kier molecular flexibility index (Phi) is 4.25. The molecule has 2 aromatic carbocycles. The predicted molar refractivity (Wildman–Crippen MR) is 89.7 cm³/mol. The van der Waals surface area contributed by atoms with Gasteiger partial charge in [0.15, 0.2) is 0 Å². The zero-order valence-corrected chi connectivity index (χ0v) is 13.1. The van der Waals surface area contributed by atoms with Crippen molar-refractivity contribution in [3.8, 4) is 0 Å². The van der Waals surface area contributed by atoms with Gasteiger partial charge in [-0.25, -0.2) is 0 Å². The number of carbonyl (C=O) groups excluding carboxylic acids is 1. The first kappa shape index (κ1) is 14.8. The van der Waals surface area contributed by atoms with E-state index in [-0.39, 0.29) is 18.0 Å². The van der Waals surface area contributed by atoms with Crippen molar-refractivity contribution in [3.05, 3.63) is 66.2 Å². The summed E-state index contributed by atoms with van der Waals surface area (Å²) in [6.07, 6.45) is 0.872. The minimum atomic E-state index is -0.0459. The monoisotopic (exact) mass is 294 g/mol. The van der Waals surface area contributed by atoms with Crippen molar-refractivity contribution >= 4 is 11.6 Å². The van der Waals surface area contributed by atoms with Gasteiger partial charge in [-0.1, -0.05) is 48.5 Å². The van der Waals surface area contributed by atoms with E-state index < -0.39 is 0 Å². The summed E-state index contributed by atoms with van der Waals surface area (Å²) in [6, 6.07) is 20.5. The van der Waals surface area contributed by atoms with E-state index in [0.29, 0.717) is 0 Å². The van der Waals surface area contributed by atoms with E-state index in [2.05, 4.69) is 24.0 Å². The van der Waals surface area contributed by atoms with Crippen LogP contribution in [0.25, 0.3) is 0 Å². The highest BCUT2D eigenvalue weighted by atomic mass is 16.2. The number of carbonyl (C=O) groups is 1. The van der Waals surface area contributed by atoms with Crippen LogP contribution in [-0.4, -0.2) is 29.9 Å². The summed E-state index contributed by atoms with van der Waals surface area (Å²) in [7, 11) is 2.04. The van der Waals surface area contributed by atoms with Crippen LogP contribution in [0.1, 0.15) is 18.9 Å². The maximum absolute atomic E-state index is 12.8.